The second kappa shape index (κ2) is 4.56. The molecule has 5 nitrogen and oxygen atoms in total. The third kappa shape index (κ3) is 3.07. The highest BCUT2D eigenvalue weighted by molar-refractivity contribution is 6.30. The highest BCUT2D eigenvalue weighted by Crippen LogP contribution is 2.23. The van der Waals surface area contributed by atoms with E-state index in [0.717, 1.165) is 6.08 Å². The molecule has 2 N–H and O–H groups in total. The molecule has 0 spiro atoms. The van der Waals surface area contributed by atoms with Crippen LogP contribution in [0.4, 0.5) is 5.69 Å². The van der Waals surface area contributed by atoms with E-state index in [9.17, 15) is 14.9 Å². The van der Waals surface area contributed by atoms with E-state index in [1.807, 2.05) is 0 Å². The minimum absolute atomic E-state index is 0.128. The van der Waals surface area contributed by atoms with Gasteiger partial charge in [0.2, 0.25) is 5.91 Å². The lowest BCUT2D eigenvalue weighted by Crippen LogP contribution is -2.05. The fourth-order valence-corrected chi connectivity index (χ4v) is 1.18. The Bertz CT molecular complexity index is 443. The first-order valence-electron chi connectivity index (χ1n) is 3.92. The molecule has 0 radical (unpaired) electrons. The maximum atomic E-state index is 10.6. The molecule has 15 heavy (non-hydrogen) atoms. The number of nitrogens with two attached hydrogens (primary N) is 1. The van der Waals surface area contributed by atoms with Gasteiger partial charge in [-0.3, -0.25) is 14.9 Å². The van der Waals surface area contributed by atoms with Crippen LogP contribution in [0.3, 0.4) is 0 Å². The number of carbonyl (C=O) groups is 1. The van der Waals surface area contributed by atoms with E-state index in [4.69, 9.17) is 17.3 Å². The molecule has 0 bridgehead atoms. The monoisotopic (exact) mass is 226 g/mol. The third-order valence-electron chi connectivity index (χ3n) is 1.61. The van der Waals surface area contributed by atoms with Crippen molar-refractivity contribution in [1.29, 1.82) is 0 Å². The van der Waals surface area contributed by atoms with Crippen molar-refractivity contribution in [2.75, 3.05) is 0 Å². The molecule has 0 aliphatic carbocycles. The lowest BCUT2D eigenvalue weighted by Gasteiger charge is -1.97. The van der Waals surface area contributed by atoms with Crippen LogP contribution in [-0.4, -0.2) is 10.8 Å². The average Bonchev–Trinajstić information content (AvgIpc) is 2.14. The smallest absolute Gasteiger partial charge is 0.276 e. The summed E-state index contributed by atoms with van der Waals surface area (Å²) >= 11 is 5.66. The molecule has 1 aromatic carbocycles. The first kappa shape index (κ1) is 11.2. The summed E-state index contributed by atoms with van der Waals surface area (Å²) in [5, 5.41) is 10.9. The molecule has 0 saturated carbocycles. The molecule has 0 aromatic heterocycles. The molecule has 78 valence electrons. The zero-order chi connectivity index (χ0) is 11.4. The van der Waals surface area contributed by atoms with Gasteiger partial charge in [-0.2, -0.15) is 0 Å². The number of benzene rings is 1. The van der Waals surface area contributed by atoms with E-state index in [2.05, 4.69) is 0 Å². The second-order valence-corrected chi connectivity index (χ2v) is 3.13. The predicted octanol–water partition coefficient (Wildman–Crippen LogP) is 1.75. The lowest BCUT2D eigenvalue weighted by atomic mass is 10.1. The van der Waals surface area contributed by atoms with Crippen LogP contribution in [0.15, 0.2) is 24.3 Å². The van der Waals surface area contributed by atoms with Gasteiger partial charge in [0.25, 0.3) is 5.69 Å². The third-order valence-corrected chi connectivity index (χ3v) is 1.85. The van der Waals surface area contributed by atoms with Crippen LogP contribution >= 0.6 is 11.6 Å². The Hall–Kier alpha value is -1.88. The summed E-state index contributed by atoms with van der Waals surface area (Å²) in [6, 6.07) is 4.06. The fourth-order valence-electron chi connectivity index (χ4n) is 0.997. The Kier molecular flexibility index (Phi) is 3.41. The van der Waals surface area contributed by atoms with Crippen molar-refractivity contribution in [2.24, 2.45) is 5.73 Å². The van der Waals surface area contributed by atoms with E-state index in [1.165, 1.54) is 24.3 Å². The number of nitro groups is 1. The van der Waals surface area contributed by atoms with Gasteiger partial charge in [0.15, 0.2) is 0 Å². The molecule has 1 amide bonds. The van der Waals surface area contributed by atoms with Crippen molar-refractivity contribution in [3.8, 4) is 0 Å². The largest absolute Gasteiger partial charge is 0.366 e. The van der Waals surface area contributed by atoms with Crippen LogP contribution < -0.4 is 5.73 Å². The Labute approximate surface area is 90.3 Å². The zero-order valence-electron chi connectivity index (χ0n) is 7.51. The molecule has 0 fully saturated rings. The standard InChI is InChI=1S/C9H7ClN2O3/c10-7-2-3-8(12(14)15)6(5-7)1-4-9(11)13/h1-5H,(H2,11,13)/b4-1-. The summed E-state index contributed by atoms with van der Waals surface area (Å²) in [4.78, 5) is 20.5. The highest BCUT2D eigenvalue weighted by atomic mass is 35.5. The van der Waals surface area contributed by atoms with Gasteiger partial charge in [-0.05, 0) is 18.2 Å². The predicted molar refractivity (Wildman–Crippen MR) is 56.3 cm³/mol. The first-order chi connectivity index (χ1) is 7.00. The molecule has 0 heterocycles. The van der Waals surface area contributed by atoms with Crippen LogP contribution in [0.2, 0.25) is 5.02 Å². The van der Waals surface area contributed by atoms with Crippen molar-refractivity contribution >= 4 is 29.3 Å². The minimum Gasteiger partial charge on any atom is -0.366 e. The number of nitro benzene ring substituents is 1. The maximum absolute atomic E-state index is 10.6. The van der Waals surface area contributed by atoms with Gasteiger partial charge in [-0.25, -0.2) is 0 Å². The normalized spacial score (nSPS) is 10.5. The minimum atomic E-state index is -0.677. The molecule has 0 aliphatic heterocycles. The van der Waals surface area contributed by atoms with Gasteiger partial charge in [0.05, 0.1) is 10.5 Å². The van der Waals surface area contributed by atoms with Crippen molar-refractivity contribution in [3.05, 3.63) is 45.0 Å². The van der Waals surface area contributed by atoms with Crippen LogP contribution in [-0.2, 0) is 4.79 Å². The Morgan fingerprint density at radius 2 is 2.20 bits per heavy atom. The maximum Gasteiger partial charge on any atom is 0.276 e. The number of halogens is 1. The molecule has 1 aromatic rings. The van der Waals surface area contributed by atoms with Crippen LogP contribution in [0.1, 0.15) is 5.56 Å². The van der Waals surface area contributed by atoms with Crippen molar-refractivity contribution in [3.63, 3.8) is 0 Å². The molecule has 0 atom stereocenters. The molecule has 1 rings (SSSR count). The van der Waals surface area contributed by atoms with E-state index in [1.54, 1.807) is 0 Å². The molecule has 0 saturated heterocycles. The molecular formula is C9H7ClN2O3. The molecular weight excluding hydrogens is 220 g/mol. The number of amides is 1. The van der Waals surface area contributed by atoms with Gasteiger partial charge in [-0.1, -0.05) is 11.6 Å². The van der Waals surface area contributed by atoms with Gasteiger partial charge in [0, 0.05) is 17.2 Å². The van der Waals surface area contributed by atoms with E-state index in [-0.39, 0.29) is 11.3 Å². The summed E-state index contributed by atoms with van der Waals surface area (Å²) < 4.78 is 0. The van der Waals surface area contributed by atoms with E-state index >= 15 is 0 Å². The summed E-state index contributed by atoms with van der Waals surface area (Å²) in [5.41, 5.74) is 4.99. The van der Waals surface area contributed by atoms with Gasteiger partial charge in [0.1, 0.15) is 0 Å². The topological polar surface area (TPSA) is 86.2 Å². The second-order valence-electron chi connectivity index (χ2n) is 2.70. The fraction of sp³-hybridized carbons (Fsp3) is 0. The van der Waals surface area contributed by atoms with E-state index < -0.39 is 10.8 Å². The summed E-state index contributed by atoms with van der Waals surface area (Å²) in [7, 11) is 0. The number of rotatable bonds is 3. The van der Waals surface area contributed by atoms with E-state index in [0.29, 0.717) is 5.02 Å². The molecule has 0 aliphatic rings. The Morgan fingerprint density at radius 1 is 1.53 bits per heavy atom. The lowest BCUT2D eigenvalue weighted by molar-refractivity contribution is -0.385. The summed E-state index contributed by atoms with van der Waals surface area (Å²) in [6.45, 7) is 0. The van der Waals surface area contributed by atoms with Crippen molar-refractivity contribution < 1.29 is 9.72 Å². The number of primary amides is 1. The highest BCUT2D eigenvalue weighted by Gasteiger charge is 2.11. The quantitative estimate of drug-likeness (QED) is 0.484. The molecule has 0 unspecified atom stereocenters. The number of carbonyl (C=O) groups excluding carboxylic acids is 1. The average molecular weight is 227 g/mol. The number of nitrogens with zero attached hydrogens (tertiary/aromatic N) is 1. The summed E-state index contributed by atoms with van der Waals surface area (Å²) in [6.07, 6.45) is 2.30. The van der Waals surface area contributed by atoms with Gasteiger partial charge >= 0.3 is 0 Å². The Balaban J connectivity index is 3.18. The van der Waals surface area contributed by atoms with Crippen molar-refractivity contribution in [2.45, 2.75) is 0 Å². The first-order valence-corrected chi connectivity index (χ1v) is 4.30. The van der Waals surface area contributed by atoms with Crippen LogP contribution in [0.5, 0.6) is 0 Å². The van der Waals surface area contributed by atoms with Crippen LogP contribution in [0.25, 0.3) is 6.08 Å². The van der Waals surface area contributed by atoms with Gasteiger partial charge in [-0.15, -0.1) is 0 Å². The number of hydrogen-bond donors (Lipinski definition) is 1. The summed E-state index contributed by atoms with van der Waals surface area (Å²) in [5.74, 6) is -0.677. The zero-order valence-corrected chi connectivity index (χ0v) is 8.27. The SMILES string of the molecule is NC(=O)/C=C\c1cc(Cl)ccc1[N+](=O)[O-]. The number of hydrogen-bond acceptors (Lipinski definition) is 3. The Morgan fingerprint density at radius 3 is 2.73 bits per heavy atom. The van der Waals surface area contributed by atoms with Gasteiger partial charge < -0.3 is 5.73 Å². The molecule has 6 heteroatoms. The van der Waals surface area contributed by atoms with Crippen LogP contribution in [0, 0.1) is 10.1 Å². The van der Waals surface area contributed by atoms with Crippen molar-refractivity contribution in [1.82, 2.24) is 0 Å².